The summed E-state index contributed by atoms with van der Waals surface area (Å²) >= 11 is 12.2. The molecule has 5 nitrogen and oxygen atoms in total. The number of hydrogen-bond acceptors (Lipinski definition) is 4. The zero-order valence-corrected chi connectivity index (χ0v) is 21.4. The number of carbonyl (C=O) groups excluding carboxylic acids is 1. The molecule has 0 spiro atoms. The maximum atomic E-state index is 14.2. The molecule has 0 saturated heterocycles. The zero-order valence-electron chi connectivity index (χ0n) is 19.1. The predicted octanol–water partition coefficient (Wildman–Crippen LogP) is 6.58. The van der Waals surface area contributed by atoms with Crippen LogP contribution in [0.15, 0.2) is 95.4 Å². The Morgan fingerprint density at radius 2 is 1.46 bits per heavy atom. The van der Waals surface area contributed by atoms with Crippen LogP contribution in [0.4, 0.5) is 0 Å². The molecule has 0 fully saturated rings. The van der Waals surface area contributed by atoms with Gasteiger partial charge in [-0.2, -0.15) is 0 Å². The third-order valence-corrected chi connectivity index (χ3v) is 7.90. The zero-order chi connectivity index (χ0) is 25.2. The molecule has 1 atom stereocenters. The van der Waals surface area contributed by atoms with Gasteiger partial charge in [-0.25, -0.2) is 13.2 Å². The van der Waals surface area contributed by atoms with Crippen molar-refractivity contribution >= 4 is 44.9 Å². The van der Waals surface area contributed by atoms with E-state index in [-0.39, 0.29) is 17.1 Å². The lowest BCUT2D eigenvalue weighted by molar-refractivity contribution is -0.139. The molecule has 4 rings (SSSR count). The van der Waals surface area contributed by atoms with Gasteiger partial charge >= 0.3 is 5.97 Å². The SMILES string of the molecule is CCOC(=O)C1=CC=C(c2ccc(Cl)cc2)N(S(=O)(=O)c2ccc(C)cc2)C1c1ccc(Cl)cc1. The summed E-state index contributed by atoms with van der Waals surface area (Å²) in [6.45, 7) is 3.74. The van der Waals surface area contributed by atoms with Gasteiger partial charge in [-0.1, -0.05) is 65.2 Å². The van der Waals surface area contributed by atoms with Crippen molar-refractivity contribution in [1.82, 2.24) is 4.31 Å². The second kappa shape index (κ2) is 10.3. The number of carbonyl (C=O) groups is 1. The van der Waals surface area contributed by atoms with E-state index in [1.54, 1.807) is 91.9 Å². The molecule has 1 aliphatic heterocycles. The molecular weight excluding hydrogens is 505 g/mol. The van der Waals surface area contributed by atoms with Crippen LogP contribution < -0.4 is 0 Å². The molecule has 0 bridgehead atoms. The molecule has 0 N–H and O–H groups in total. The average Bonchev–Trinajstić information content (AvgIpc) is 2.84. The Balaban J connectivity index is 1.98. The van der Waals surface area contributed by atoms with Gasteiger partial charge in [0, 0.05) is 10.0 Å². The minimum absolute atomic E-state index is 0.104. The summed E-state index contributed by atoms with van der Waals surface area (Å²) < 4.78 is 34.9. The number of benzene rings is 3. The van der Waals surface area contributed by atoms with Crippen molar-refractivity contribution < 1.29 is 17.9 Å². The van der Waals surface area contributed by atoms with E-state index < -0.39 is 22.0 Å². The fraction of sp³-hybridized carbons (Fsp3) is 0.148. The van der Waals surface area contributed by atoms with E-state index in [0.29, 0.717) is 26.9 Å². The number of esters is 1. The molecule has 1 heterocycles. The van der Waals surface area contributed by atoms with Crippen molar-refractivity contribution in [3.8, 4) is 0 Å². The highest BCUT2D eigenvalue weighted by Gasteiger charge is 2.41. The summed E-state index contributed by atoms with van der Waals surface area (Å²) in [7, 11) is -4.12. The summed E-state index contributed by atoms with van der Waals surface area (Å²) in [5.41, 5.74) is 2.72. The van der Waals surface area contributed by atoms with Gasteiger partial charge in [0.1, 0.15) is 6.04 Å². The highest BCUT2D eigenvalue weighted by atomic mass is 35.5. The maximum absolute atomic E-state index is 14.2. The van der Waals surface area contributed by atoms with E-state index in [1.165, 1.54) is 4.31 Å². The van der Waals surface area contributed by atoms with Crippen molar-refractivity contribution in [2.45, 2.75) is 24.8 Å². The topological polar surface area (TPSA) is 63.7 Å². The normalized spacial score (nSPS) is 15.9. The molecule has 1 unspecified atom stereocenters. The van der Waals surface area contributed by atoms with Crippen LogP contribution in [-0.2, 0) is 19.6 Å². The average molecular weight is 528 g/mol. The molecule has 0 saturated carbocycles. The number of allylic oxidation sites excluding steroid dienone is 2. The molecule has 0 amide bonds. The first-order valence-electron chi connectivity index (χ1n) is 10.9. The number of nitrogens with zero attached hydrogens (tertiary/aromatic N) is 1. The molecule has 1 aliphatic rings. The van der Waals surface area contributed by atoms with E-state index >= 15 is 0 Å². The molecule has 8 heteroatoms. The van der Waals surface area contributed by atoms with E-state index in [9.17, 15) is 13.2 Å². The van der Waals surface area contributed by atoms with Gasteiger partial charge in [0.2, 0.25) is 0 Å². The van der Waals surface area contributed by atoms with E-state index in [0.717, 1.165) is 5.56 Å². The Hall–Kier alpha value is -3.06. The van der Waals surface area contributed by atoms with Crippen LogP contribution in [0.3, 0.4) is 0 Å². The van der Waals surface area contributed by atoms with Crippen LogP contribution in [-0.4, -0.2) is 25.3 Å². The quantitative estimate of drug-likeness (QED) is 0.339. The fourth-order valence-corrected chi connectivity index (χ4v) is 5.79. The molecule has 180 valence electrons. The van der Waals surface area contributed by atoms with Gasteiger partial charge in [0.15, 0.2) is 0 Å². The first-order valence-corrected chi connectivity index (χ1v) is 13.1. The lowest BCUT2D eigenvalue weighted by Crippen LogP contribution is -2.38. The smallest absolute Gasteiger partial charge is 0.336 e. The molecular formula is C27H23Cl2NO4S. The van der Waals surface area contributed by atoms with Gasteiger partial charge in [0.25, 0.3) is 10.0 Å². The van der Waals surface area contributed by atoms with E-state index in [1.807, 2.05) is 6.92 Å². The number of ether oxygens (including phenoxy) is 1. The first kappa shape index (κ1) is 25.0. The highest BCUT2D eigenvalue weighted by molar-refractivity contribution is 7.89. The summed E-state index contributed by atoms with van der Waals surface area (Å²) in [5.74, 6) is -0.594. The summed E-state index contributed by atoms with van der Waals surface area (Å²) in [4.78, 5) is 13.1. The molecule has 3 aromatic rings. The van der Waals surface area contributed by atoms with Crippen LogP contribution >= 0.6 is 23.2 Å². The summed E-state index contributed by atoms with van der Waals surface area (Å²) in [6.07, 6.45) is 3.23. The Kier molecular flexibility index (Phi) is 7.36. The first-order chi connectivity index (χ1) is 16.7. The largest absolute Gasteiger partial charge is 0.463 e. The van der Waals surface area contributed by atoms with Crippen LogP contribution in [0.5, 0.6) is 0 Å². The monoisotopic (exact) mass is 527 g/mol. The second-order valence-corrected chi connectivity index (χ2v) is 10.7. The third-order valence-electron chi connectivity index (χ3n) is 5.60. The van der Waals surface area contributed by atoms with Crippen molar-refractivity contribution in [2.24, 2.45) is 0 Å². The Morgan fingerprint density at radius 1 is 0.886 bits per heavy atom. The van der Waals surface area contributed by atoms with Gasteiger partial charge in [-0.05, 0) is 73.5 Å². The lowest BCUT2D eigenvalue weighted by Gasteiger charge is -2.37. The fourth-order valence-electron chi connectivity index (χ4n) is 3.89. The van der Waals surface area contributed by atoms with Gasteiger partial charge in [0.05, 0.1) is 22.8 Å². The Bertz CT molecular complexity index is 1400. The van der Waals surface area contributed by atoms with Crippen molar-refractivity contribution in [1.29, 1.82) is 0 Å². The predicted molar refractivity (Wildman–Crippen MR) is 139 cm³/mol. The van der Waals surface area contributed by atoms with E-state index in [4.69, 9.17) is 27.9 Å². The Labute approximate surface area is 215 Å². The Morgan fingerprint density at radius 3 is 2.03 bits per heavy atom. The summed E-state index contributed by atoms with van der Waals surface area (Å²) in [5, 5.41) is 1.02. The second-order valence-electron chi connectivity index (χ2n) is 7.97. The number of hydrogen-bond donors (Lipinski definition) is 0. The molecule has 3 aromatic carbocycles. The van der Waals surface area contributed by atoms with Crippen LogP contribution in [0.25, 0.3) is 5.70 Å². The van der Waals surface area contributed by atoms with Gasteiger partial charge in [-0.15, -0.1) is 0 Å². The number of aryl methyl sites for hydroxylation is 1. The molecule has 0 aliphatic carbocycles. The standard InChI is InChI=1S/C27H23Cl2NO4S/c1-3-34-27(31)24-16-17-25(19-6-10-21(28)11-7-19)30(26(24)20-8-12-22(29)13-9-20)35(32,33)23-14-4-18(2)5-15-23/h4-17,26H,3H2,1-2H3. The van der Waals surface area contributed by atoms with Crippen LogP contribution in [0.2, 0.25) is 10.0 Å². The maximum Gasteiger partial charge on any atom is 0.336 e. The van der Waals surface area contributed by atoms with Crippen LogP contribution in [0, 0.1) is 6.92 Å². The molecule has 35 heavy (non-hydrogen) atoms. The van der Waals surface area contributed by atoms with Crippen molar-refractivity contribution in [3.63, 3.8) is 0 Å². The van der Waals surface area contributed by atoms with Crippen molar-refractivity contribution in [3.05, 3.63) is 117 Å². The number of rotatable bonds is 6. The lowest BCUT2D eigenvalue weighted by atomic mass is 9.94. The van der Waals surface area contributed by atoms with Gasteiger partial charge in [-0.3, -0.25) is 4.31 Å². The highest BCUT2D eigenvalue weighted by Crippen LogP contribution is 2.43. The molecule has 0 radical (unpaired) electrons. The number of sulfonamides is 1. The van der Waals surface area contributed by atoms with E-state index in [2.05, 4.69) is 0 Å². The van der Waals surface area contributed by atoms with Gasteiger partial charge < -0.3 is 4.74 Å². The van der Waals surface area contributed by atoms with Crippen molar-refractivity contribution in [2.75, 3.05) is 6.61 Å². The summed E-state index contributed by atoms with van der Waals surface area (Å²) in [6, 6.07) is 19.2. The number of halogens is 2. The molecule has 0 aromatic heterocycles. The minimum Gasteiger partial charge on any atom is -0.463 e. The minimum atomic E-state index is -4.12. The third kappa shape index (κ3) is 5.15. The van der Waals surface area contributed by atoms with Crippen LogP contribution in [0.1, 0.15) is 29.7 Å².